The quantitative estimate of drug-likeness (QED) is 0.388. The summed E-state index contributed by atoms with van der Waals surface area (Å²) in [5.74, 6) is -1.39. The monoisotopic (exact) mass is 579 g/mol. The van der Waals surface area contributed by atoms with Crippen molar-refractivity contribution in [1.29, 1.82) is 0 Å². The Hall–Kier alpha value is -2.86. The van der Waals surface area contributed by atoms with Gasteiger partial charge in [0, 0.05) is 48.6 Å². The zero-order chi connectivity index (χ0) is 28.2. The Balaban J connectivity index is 1.21. The highest BCUT2D eigenvalue weighted by atomic mass is 35.5. The molecule has 0 atom stereocenters. The highest BCUT2D eigenvalue weighted by molar-refractivity contribution is 6.30. The van der Waals surface area contributed by atoms with Crippen molar-refractivity contribution in [3.63, 3.8) is 0 Å². The van der Waals surface area contributed by atoms with E-state index in [4.69, 9.17) is 16.3 Å². The fourth-order valence-corrected chi connectivity index (χ4v) is 4.94. The molecule has 13 heteroatoms. The largest absolute Gasteiger partial charge is 0.573 e. The Morgan fingerprint density at radius 2 is 1.56 bits per heavy atom. The molecule has 1 heterocycles. The Bertz CT molecular complexity index is 1110. The molecule has 2 aliphatic rings. The van der Waals surface area contributed by atoms with Gasteiger partial charge in [0.05, 0.1) is 11.7 Å². The Labute approximate surface area is 226 Å². The normalized spacial score (nSPS) is 20.6. The minimum Gasteiger partial charge on any atom is -0.405 e. The van der Waals surface area contributed by atoms with Gasteiger partial charge >= 0.3 is 12.5 Å². The number of nitrogens with zero attached hydrogens (tertiary/aromatic N) is 2. The first-order chi connectivity index (χ1) is 18.4. The summed E-state index contributed by atoms with van der Waals surface area (Å²) in [4.78, 5) is 16.6. The highest BCUT2D eigenvalue weighted by Gasteiger charge is 2.39. The summed E-state index contributed by atoms with van der Waals surface area (Å²) in [6.07, 6.45) is -8.08. The summed E-state index contributed by atoms with van der Waals surface area (Å²) in [6, 6.07) is 9.78. The van der Waals surface area contributed by atoms with Gasteiger partial charge in [-0.05, 0) is 68.1 Å². The van der Waals surface area contributed by atoms with Gasteiger partial charge < -0.3 is 24.6 Å². The zero-order valence-corrected chi connectivity index (χ0v) is 21.6. The summed E-state index contributed by atoms with van der Waals surface area (Å²) in [7, 11) is 0. The molecule has 0 aromatic heterocycles. The number of hydrogen-bond donors (Lipinski definition) is 1. The van der Waals surface area contributed by atoms with Crippen LogP contribution < -0.4 is 15.0 Å². The number of nitrogens with one attached hydrogen (secondary N) is 1. The lowest BCUT2D eigenvalue weighted by molar-refractivity contribution is -0.276. The number of halogens is 7. The minimum absolute atomic E-state index is 0.0423. The van der Waals surface area contributed by atoms with Crippen molar-refractivity contribution in [2.24, 2.45) is 0 Å². The van der Waals surface area contributed by atoms with Gasteiger partial charge in [0.1, 0.15) is 12.4 Å². The van der Waals surface area contributed by atoms with Crippen LogP contribution in [-0.2, 0) is 15.7 Å². The molecule has 1 aliphatic carbocycles. The molecule has 0 unspecified atom stereocenters. The Kier molecular flexibility index (Phi) is 9.05. The molecule has 1 saturated carbocycles. The van der Waals surface area contributed by atoms with E-state index < -0.39 is 23.9 Å². The minimum atomic E-state index is -5.24. The van der Waals surface area contributed by atoms with Gasteiger partial charge in [0.2, 0.25) is 5.91 Å². The van der Waals surface area contributed by atoms with E-state index in [1.807, 2.05) is 24.3 Å². The van der Waals surface area contributed by atoms with E-state index in [2.05, 4.69) is 15.0 Å². The summed E-state index contributed by atoms with van der Waals surface area (Å²) in [5.41, 5.74) is -0.406. The first kappa shape index (κ1) is 29.1. The maximum atomic E-state index is 13.3. The van der Waals surface area contributed by atoms with Crippen molar-refractivity contribution in [1.82, 2.24) is 4.90 Å². The van der Waals surface area contributed by atoms with Crippen LogP contribution in [0.15, 0.2) is 42.5 Å². The molecule has 6 nitrogen and oxygen atoms in total. The Morgan fingerprint density at radius 1 is 0.923 bits per heavy atom. The molecule has 0 radical (unpaired) electrons. The number of ether oxygens (including phenoxy) is 2. The number of piperazine rings is 1. The van der Waals surface area contributed by atoms with Gasteiger partial charge in [-0.15, -0.1) is 13.2 Å². The second-order valence-electron chi connectivity index (χ2n) is 9.53. The van der Waals surface area contributed by atoms with Crippen LogP contribution in [0.4, 0.5) is 37.7 Å². The SMILES string of the molecule is O=C(CO[C@H]1CC[C@H](Nc2ccc(OC(F)(F)F)c(C(F)(F)F)c2)CC1)N1CCN(c2ccc(Cl)cc2)CC1. The van der Waals surface area contributed by atoms with Crippen LogP contribution in [0, 0.1) is 0 Å². The van der Waals surface area contributed by atoms with E-state index in [1.54, 1.807) is 4.90 Å². The lowest BCUT2D eigenvalue weighted by Gasteiger charge is -2.36. The van der Waals surface area contributed by atoms with Crippen LogP contribution in [0.3, 0.4) is 0 Å². The van der Waals surface area contributed by atoms with Crippen LogP contribution in [0.1, 0.15) is 31.2 Å². The molecular weight excluding hydrogens is 552 g/mol. The molecule has 39 heavy (non-hydrogen) atoms. The van der Waals surface area contributed by atoms with Gasteiger partial charge in [0.15, 0.2) is 0 Å². The van der Waals surface area contributed by atoms with Gasteiger partial charge in [-0.25, -0.2) is 0 Å². The van der Waals surface area contributed by atoms with E-state index >= 15 is 0 Å². The van der Waals surface area contributed by atoms with E-state index in [0.717, 1.165) is 11.8 Å². The molecule has 214 valence electrons. The number of hydrogen-bond acceptors (Lipinski definition) is 5. The van der Waals surface area contributed by atoms with E-state index in [-0.39, 0.29) is 30.3 Å². The molecule has 0 spiro atoms. The summed E-state index contributed by atoms with van der Waals surface area (Å²) >= 11 is 5.94. The average Bonchev–Trinajstić information content (AvgIpc) is 2.88. The van der Waals surface area contributed by atoms with Crippen molar-refractivity contribution < 1.29 is 40.6 Å². The van der Waals surface area contributed by atoms with Crippen LogP contribution in [0.2, 0.25) is 5.02 Å². The van der Waals surface area contributed by atoms with Crippen LogP contribution >= 0.6 is 11.6 Å². The number of carbonyl (C=O) groups is 1. The fraction of sp³-hybridized carbons (Fsp3) is 0.500. The van der Waals surface area contributed by atoms with Crippen LogP contribution in [-0.4, -0.2) is 62.1 Å². The molecule has 1 aliphatic heterocycles. The van der Waals surface area contributed by atoms with Gasteiger partial charge in [0.25, 0.3) is 0 Å². The van der Waals surface area contributed by atoms with Crippen molar-refractivity contribution in [3.8, 4) is 5.75 Å². The smallest absolute Gasteiger partial charge is 0.405 e. The summed E-state index contributed by atoms with van der Waals surface area (Å²) in [6.45, 7) is 2.51. The van der Waals surface area contributed by atoms with Gasteiger partial charge in [-0.2, -0.15) is 13.2 Å². The molecule has 0 bridgehead atoms. The maximum Gasteiger partial charge on any atom is 0.573 e. The lowest BCUT2D eigenvalue weighted by atomic mass is 9.92. The summed E-state index contributed by atoms with van der Waals surface area (Å²) in [5, 5.41) is 3.63. The van der Waals surface area contributed by atoms with Crippen molar-refractivity contribution in [2.45, 2.75) is 50.4 Å². The van der Waals surface area contributed by atoms with Gasteiger partial charge in [-0.3, -0.25) is 4.79 Å². The molecule has 1 saturated heterocycles. The van der Waals surface area contributed by atoms with Crippen LogP contribution in [0.25, 0.3) is 0 Å². The second-order valence-corrected chi connectivity index (χ2v) is 9.97. The van der Waals surface area contributed by atoms with E-state index in [0.29, 0.717) is 69.0 Å². The molecule has 4 rings (SSSR count). The molecule has 2 aromatic carbocycles. The third-order valence-electron chi connectivity index (χ3n) is 6.82. The molecular formula is C26H28ClF6N3O3. The fourth-order valence-electron chi connectivity index (χ4n) is 4.81. The predicted molar refractivity (Wildman–Crippen MR) is 134 cm³/mol. The van der Waals surface area contributed by atoms with Crippen molar-refractivity contribution in [3.05, 3.63) is 53.1 Å². The number of carbonyl (C=O) groups excluding carboxylic acids is 1. The first-order valence-electron chi connectivity index (χ1n) is 12.5. The third kappa shape index (κ3) is 8.31. The predicted octanol–water partition coefficient (Wildman–Crippen LogP) is 6.35. The number of amides is 1. The zero-order valence-electron chi connectivity index (χ0n) is 20.8. The third-order valence-corrected chi connectivity index (χ3v) is 7.07. The number of alkyl halides is 6. The topological polar surface area (TPSA) is 54.0 Å². The standard InChI is InChI=1S/C26H28ClF6N3O3/c27-17-1-6-20(7-2-17)35-11-13-36(14-12-35)24(37)16-38-21-8-3-18(4-9-21)34-19-5-10-23(39-26(31,32)33)22(15-19)25(28,29)30/h1-2,5-7,10,15,18,21,34H,3-4,8-9,11-14,16H2/t18-,21-. The second kappa shape index (κ2) is 12.1. The lowest BCUT2D eigenvalue weighted by Crippen LogP contribution is -2.50. The van der Waals surface area contributed by atoms with E-state index in [1.165, 1.54) is 0 Å². The Morgan fingerprint density at radius 3 is 2.15 bits per heavy atom. The highest BCUT2D eigenvalue weighted by Crippen LogP contribution is 2.40. The number of rotatable bonds is 7. The number of benzene rings is 2. The molecule has 2 fully saturated rings. The maximum absolute atomic E-state index is 13.3. The van der Waals surface area contributed by atoms with E-state index in [9.17, 15) is 31.1 Å². The molecule has 2 aromatic rings. The van der Waals surface area contributed by atoms with Gasteiger partial charge in [-0.1, -0.05) is 11.6 Å². The molecule has 1 amide bonds. The van der Waals surface area contributed by atoms with Crippen LogP contribution in [0.5, 0.6) is 5.75 Å². The first-order valence-corrected chi connectivity index (χ1v) is 12.9. The summed E-state index contributed by atoms with van der Waals surface area (Å²) < 4.78 is 86.7. The van der Waals surface area contributed by atoms with Crippen molar-refractivity contribution >= 4 is 28.9 Å². The molecule has 1 N–H and O–H groups in total. The van der Waals surface area contributed by atoms with Crippen molar-refractivity contribution in [2.75, 3.05) is 43.0 Å². The number of anilines is 2. The average molecular weight is 580 g/mol.